The van der Waals surface area contributed by atoms with Gasteiger partial charge in [-0.3, -0.25) is 14.2 Å². The minimum atomic E-state index is -0.521. The number of nitrogens with one attached hydrogen (secondary N) is 3. The van der Waals surface area contributed by atoms with Crippen molar-refractivity contribution >= 4 is 39.6 Å². The van der Waals surface area contributed by atoms with E-state index in [0.29, 0.717) is 23.1 Å². The summed E-state index contributed by atoms with van der Waals surface area (Å²) in [6.07, 6.45) is 2.73. The molecule has 2 aromatic carbocycles. The second-order valence-electron chi connectivity index (χ2n) is 7.22. The molecule has 4 aromatic rings. The molecular weight excluding hydrogens is 414 g/mol. The molecule has 0 aliphatic carbocycles. The van der Waals surface area contributed by atoms with E-state index < -0.39 is 11.2 Å². The summed E-state index contributed by atoms with van der Waals surface area (Å²) in [7, 11) is 0. The van der Waals surface area contributed by atoms with Gasteiger partial charge in [-0.15, -0.1) is 0 Å². The largest absolute Gasteiger partial charge is 0.346 e. The van der Waals surface area contributed by atoms with Crippen molar-refractivity contribution < 1.29 is 4.79 Å². The molecule has 3 N–H and O–H groups in total. The van der Waals surface area contributed by atoms with E-state index in [1.54, 1.807) is 36.0 Å². The molecule has 0 aliphatic rings. The molecule has 0 spiro atoms. The molecule has 0 saturated heterocycles. The van der Waals surface area contributed by atoms with E-state index in [4.69, 9.17) is 0 Å². The summed E-state index contributed by atoms with van der Waals surface area (Å²) in [6.45, 7) is 0.000211. The van der Waals surface area contributed by atoms with Crippen LogP contribution in [0.25, 0.3) is 21.9 Å². The van der Waals surface area contributed by atoms with E-state index in [2.05, 4.69) is 20.3 Å². The van der Waals surface area contributed by atoms with Gasteiger partial charge in [0.1, 0.15) is 5.82 Å². The normalized spacial score (nSPS) is 12.3. The number of hydrogen-bond acceptors (Lipinski definition) is 5. The standard InChI is InChI=1S/C22H23N5O3S/c1-31-13-11-18(20-24-16-8-4-5-9-17(16)25-20)23-19(28)10-12-27-21(29)14-6-2-3-7-15(14)26-22(27)30/h2-9,18H,10-13H2,1H3,(H,23,28)(H,24,25)(H,26,30)/t18-/m0/s1. The number of nitrogens with zero attached hydrogens (tertiary/aromatic N) is 2. The van der Waals surface area contributed by atoms with Crippen LogP contribution in [0.1, 0.15) is 24.7 Å². The Morgan fingerprint density at radius 1 is 1.10 bits per heavy atom. The summed E-state index contributed by atoms with van der Waals surface area (Å²) in [5.41, 5.74) is 1.32. The minimum absolute atomic E-state index is 0.000211. The first-order valence-corrected chi connectivity index (χ1v) is 11.4. The van der Waals surface area contributed by atoms with E-state index >= 15 is 0 Å². The van der Waals surface area contributed by atoms with E-state index in [1.165, 1.54) is 0 Å². The van der Waals surface area contributed by atoms with Crippen LogP contribution in [0.4, 0.5) is 0 Å². The predicted octanol–water partition coefficient (Wildman–Crippen LogP) is 2.57. The van der Waals surface area contributed by atoms with E-state index in [9.17, 15) is 14.4 Å². The van der Waals surface area contributed by atoms with Gasteiger partial charge in [-0.1, -0.05) is 24.3 Å². The van der Waals surface area contributed by atoms with Gasteiger partial charge in [0.25, 0.3) is 5.56 Å². The summed E-state index contributed by atoms with van der Waals surface area (Å²) in [5, 5.41) is 3.42. The molecule has 4 rings (SSSR count). The molecule has 2 aromatic heterocycles. The number of benzene rings is 2. The Kier molecular flexibility index (Phi) is 6.22. The van der Waals surface area contributed by atoms with Gasteiger partial charge in [-0.2, -0.15) is 11.8 Å². The Morgan fingerprint density at radius 2 is 1.84 bits per heavy atom. The summed E-state index contributed by atoms with van der Waals surface area (Å²) in [5.74, 6) is 1.31. The maximum absolute atomic E-state index is 12.7. The van der Waals surface area contributed by atoms with Crippen molar-refractivity contribution in [3.63, 3.8) is 0 Å². The summed E-state index contributed by atoms with van der Waals surface area (Å²) in [4.78, 5) is 48.2. The number of amides is 1. The van der Waals surface area contributed by atoms with E-state index in [0.717, 1.165) is 21.4 Å². The number of H-pyrrole nitrogens is 2. The van der Waals surface area contributed by atoms with Crippen molar-refractivity contribution in [2.45, 2.75) is 25.4 Å². The molecular formula is C22H23N5O3S. The fraction of sp³-hybridized carbons (Fsp3) is 0.273. The quantitative estimate of drug-likeness (QED) is 0.392. The molecule has 1 amide bonds. The van der Waals surface area contributed by atoms with Gasteiger partial charge >= 0.3 is 5.69 Å². The lowest BCUT2D eigenvalue weighted by Crippen LogP contribution is -2.37. The highest BCUT2D eigenvalue weighted by atomic mass is 32.2. The second kappa shape index (κ2) is 9.22. The Hall–Kier alpha value is -3.33. The molecule has 0 fully saturated rings. The molecule has 2 heterocycles. The summed E-state index contributed by atoms with van der Waals surface area (Å²) in [6, 6.07) is 14.3. The lowest BCUT2D eigenvalue weighted by Gasteiger charge is -2.16. The van der Waals surface area contributed by atoms with E-state index in [-0.39, 0.29) is 24.9 Å². The fourth-order valence-corrected chi connectivity index (χ4v) is 4.00. The number of carbonyl (C=O) groups excluding carboxylic acids is 1. The van der Waals surface area contributed by atoms with Crippen LogP contribution < -0.4 is 16.6 Å². The van der Waals surface area contributed by atoms with Crippen LogP contribution in [-0.2, 0) is 11.3 Å². The van der Waals surface area contributed by atoms with Crippen LogP contribution in [0.15, 0.2) is 58.1 Å². The zero-order valence-corrected chi connectivity index (χ0v) is 17.9. The molecule has 160 valence electrons. The zero-order chi connectivity index (χ0) is 21.8. The van der Waals surface area contributed by atoms with Crippen LogP contribution in [0, 0.1) is 0 Å². The SMILES string of the molecule is CSCC[C@H](NC(=O)CCn1c(=O)[nH]c2ccccc2c1=O)c1nc2ccccc2[nH]1. The number of aromatic amines is 2. The van der Waals surface area contributed by atoms with E-state index in [1.807, 2.05) is 30.5 Å². The Bertz CT molecular complexity index is 1310. The molecule has 8 nitrogen and oxygen atoms in total. The lowest BCUT2D eigenvalue weighted by molar-refractivity contribution is -0.122. The van der Waals surface area contributed by atoms with Gasteiger partial charge in [0.15, 0.2) is 0 Å². The highest BCUT2D eigenvalue weighted by molar-refractivity contribution is 7.98. The average molecular weight is 438 g/mol. The fourth-order valence-electron chi connectivity index (χ4n) is 3.53. The van der Waals surface area contributed by atoms with Crippen LogP contribution in [0.5, 0.6) is 0 Å². The zero-order valence-electron chi connectivity index (χ0n) is 17.1. The number of rotatable bonds is 8. The van der Waals surface area contributed by atoms with Crippen LogP contribution in [0.2, 0.25) is 0 Å². The molecule has 0 bridgehead atoms. The predicted molar refractivity (Wildman–Crippen MR) is 123 cm³/mol. The Labute approximate surface area is 182 Å². The maximum Gasteiger partial charge on any atom is 0.328 e. The van der Waals surface area contributed by atoms with Crippen molar-refractivity contribution in [2.75, 3.05) is 12.0 Å². The number of thioether (sulfide) groups is 1. The Balaban J connectivity index is 1.50. The van der Waals surface area contributed by atoms with Crippen LogP contribution in [0.3, 0.4) is 0 Å². The third-order valence-electron chi connectivity index (χ3n) is 5.14. The number of carbonyl (C=O) groups is 1. The molecule has 1 atom stereocenters. The first-order chi connectivity index (χ1) is 15.1. The van der Waals surface area contributed by atoms with Gasteiger partial charge in [-0.25, -0.2) is 9.78 Å². The highest BCUT2D eigenvalue weighted by Gasteiger charge is 2.19. The number of para-hydroxylation sites is 3. The number of aromatic nitrogens is 4. The van der Waals surface area contributed by atoms with Gasteiger partial charge in [0.05, 0.1) is 28.0 Å². The van der Waals surface area contributed by atoms with Crippen LogP contribution >= 0.6 is 11.8 Å². The summed E-state index contributed by atoms with van der Waals surface area (Å²) >= 11 is 1.69. The third kappa shape index (κ3) is 4.56. The van der Waals surface area contributed by atoms with Gasteiger partial charge in [0.2, 0.25) is 5.91 Å². The minimum Gasteiger partial charge on any atom is -0.346 e. The Morgan fingerprint density at radius 3 is 2.61 bits per heavy atom. The molecule has 0 unspecified atom stereocenters. The summed E-state index contributed by atoms with van der Waals surface area (Å²) < 4.78 is 1.07. The first kappa shape index (κ1) is 20.9. The monoisotopic (exact) mass is 437 g/mol. The van der Waals surface area contributed by atoms with Crippen molar-refractivity contribution in [3.05, 3.63) is 75.2 Å². The molecule has 9 heteroatoms. The topological polar surface area (TPSA) is 113 Å². The number of hydrogen-bond donors (Lipinski definition) is 3. The highest BCUT2D eigenvalue weighted by Crippen LogP contribution is 2.20. The van der Waals surface area contributed by atoms with Gasteiger partial charge in [-0.05, 0) is 42.7 Å². The number of imidazole rings is 1. The smallest absolute Gasteiger partial charge is 0.328 e. The first-order valence-electron chi connectivity index (χ1n) is 10.0. The van der Waals surface area contributed by atoms with Crippen molar-refractivity contribution in [3.8, 4) is 0 Å². The molecule has 31 heavy (non-hydrogen) atoms. The van der Waals surface area contributed by atoms with Crippen molar-refractivity contribution in [1.29, 1.82) is 0 Å². The second-order valence-corrected chi connectivity index (χ2v) is 8.21. The maximum atomic E-state index is 12.7. The van der Waals surface area contributed by atoms with Gasteiger partial charge in [0, 0.05) is 13.0 Å². The van der Waals surface area contributed by atoms with Crippen molar-refractivity contribution in [2.24, 2.45) is 0 Å². The molecule has 0 radical (unpaired) electrons. The van der Waals surface area contributed by atoms with Gasteiger partial charge < -0.3 is 15.3 Å². The third-order valence-corrected chi connectivity index (χ3v) is 5.78. The van der Waals surface area contributed by atoms with Crippen LogP contribution in [-0.4, -0.2) is 37.4 Å². The molecule has 0 aliphatic heterocycles. The molecule has 0 saturated carbocycles. The number of fused-ring (bicyclic) bond motifs is 2. The van der Waals surface area contributed by atoms with Crippen molar-refractivity contribution in [1.82, 2.24) is 24.8 Å². The lowest BCUT2D eigenvalue weighted by atomic mass is 10.2. The average Bonchev–Trinajstić information content (AvgIpc) is 3.20.